The highest BCUT2D eigenvalue weighted by atomic mass is 19.1. The van der Waals surface area contributed by atoms with Gasteiger partial charge in [-0.2, -0.15) is 0 Å². The van der Waals surface area contributed by atoms with E-state index < -0.39 is 78.0 Å². The fourth-order valence-corrected chi connectivity index (χ4v) is 12.3. The van der Waals surface area contributed by atoms with Gasteiger partial charge in [0.15, 0.2) is 0 Å². The van der Waals surface area contributed by atoms with E-state index in [4.69, 9.17) is 28.4 Å². The molecule has 444 valence electrons. The molecule has 1 heterocycles. The predicted octanol–water partition coefficient (Wildman–Crippen LogP) is 8.58. The number of amides is 5. The number of methoxy groups -OCH3 is 4. The molecule has 4 aromatic carbocycles. The van der Waals surface area contributed by atoms with Crippen molar-refractivity contribution in [2.75, 3.05) is 49.1 Å². The summed E-state index contributed by atoms with van der Waals surface area (Å²) in [6, 6.07) is 22.6. The smallest absolute Gasteiger partial charge is 0.410 e. The van der Waals surface area contributed by atoms with E-state index in [2.05, 4.69) is 22.8 Å². The van der Waals surface area contributed by atoms with Crippen LogP contribution >= 0.6 is 0 Å². The molecule has 4 aromatic rings. The zero-order valence-corrected chi connectivity index (χ0v) is 49.8. The number of likely N-dealkylation sites (N-methyl/N-ethyl adjacent to an activating group) is 2. The number of carbonyl (C=O) groups is 6. The molecule has 0 spiro atoms. The highest BCUT2D eigenvalue weighted by Gasteiger charge is 2.57. The molecule has 2 fully saturated rings. The third kappa shape index (κ3) is 13.9. The fraction of sp³-hybridized carbons (Fsp3) is 0.531. The number of carbonyl (C=O) groups excluding carboxylic acids is 6. The first-order valence-corrected chi connectivity index (χ1v) is 28.6. The largest absolute Gasteiger partial charge is 0.497 e. The topological polar surface area (TPSA) is 192 Å². The van der Waals surface area contributed by atoms with Crippen LogP contribution in [-0.4, -0.2) is 148 Å². The van der Waals surface area contributed by atoms with Crippen molar-refractivity contribution in [2.45, 2.75) is 142 Å². The Kier molecular flexibility index (Phi) is 21.2. The molecule has 1 saturated heterocycles. The van der Waals surface area contributed by atoms with Crippen LogP contribution in [-0.2, 0) is 55.9 Å². The number of rotatable bonds is 27. The Bertz CT molecular complexity index is 2860. The van der Waals surface area contributed by atoms with E-state index in [1.807, 2.05) is 82.8 Å². The standard InChI is InChI=1S/C64H84FN5O12/c1-14-38(6)58(68(8)62(74)56(36(2)3)67-61(73)57(37(4)5)69(9)64(76)82-35-48-46-24-18-16-22-44(46)45-23-17-19-25-47(45)48)54(79-12)33-55(71)70-51-30-42(51)31-52(70)59(80-13)39(7)60(72)66-50(29-40-21-15-20-26-49(40)65)63(75)81-34-41-27-28-43(77-10)32-53(41)78-11/h15-28,32,36-39,42,48,50-52,54,56-59H,14,29-31,33-35H2,1-13H3,(H,66,72)(H,67,73)/t38-,39+,42-,50-,51-,52-,54+,56-,57-,58?,59+/m0/s1. The SMILES string of the molecule is CC[C@H](C)C([C@@H](CC(=O)N1[C@H]2C[C@H]2C[C@H]1[C@H](OC)[C@@H](C)C(=O)N[C@@H](Cc1ccccc1F)C(=O)OCc1ccc(OC)cc1OC)OC)N(C)C(=O)[C@@H](NC(=O)[C@H](C(C)C)N(C)C(=O)OCC1c2ccccc2-c2ccccc21)C(C)C. The van der Waals surface area contributed by atoms with E-state index in [9.17, 15) is 28.8 Å². The van der Waals surface area contributed by atoms with Gasteiger partial charge >= 0.3 is 12.1 Å². The first kappa shape index (κ1) is 62.5. The van der Waals surface area contributed by atoms with Crippen LogP contribution in [0.25, 0.3) is 11.1 Å². The quantitative estimate of drug-likeness (QED) is 0.0542. The van der Waals surface area contributed by atoms with Crippen molar-refractivity contribution in [3.63, 3.8) is 0 Å². The number of hydrogen-bond donors (Lipinski definition) is 2. The van der Waals surface area contributed by atoms with Gasteiger partial charge in [-0.3, -0.25) is 24.1 Å². The molecule has 0 bridgehead atoms. The monoisotopic (exact) mass is 1130 g/mol. The molecule has 18 heteroatoms. The van der Waals surface area contributed by atoms with Gasteiger partial charge in [-0.1, -0.05) is 122 Å². The normalized spacial score (nSPS) is 19.0. The number of halogens is 1. The van der Waals surface area contributed by atoms with Crippen LogP contribution in [0.3, 0.4) is 0 Å². The lowest BCUT2D eigenvalue weighted by Gasteiger charge is -2.41. The Hall–Kier alpha value is -7.05. The lowest BCUT2D eigenvalue weighted by atomic mass is 9.89. The number of ether oxygens (including phenoxy) is 6. The lowest BCUT2D eigenvalue weighted by molar-refractivity contribution is -0.151. The second kappa shape index (κ2) is 27.8. The third-order valence-corrected chi connectivity index (χ3v) is 17.1. The molecule has 1 unspecified atom stereocenters. The molecule has 2 aliphatic carbocycles. The van der Waals surface area contributed by atoms with E-state index in [1.165, 1.54) is 58.6 Å². The number of likely N-dealkylation sites (tertiary alicyclic amines) is 1. The average Bonchev–Trinajstić information content (AvgIpc) is 2.77. The highest BCUT2D eigenvalue weighted by Crippen LogP contribution is 2.50. The van der Waals surface area contributed by atoms with Gasteiger partial charge in [0.2, 0.25) is 23.6 Å². The van der Waals surface area contributed by atoms with Crippen LogP contribution in [0.15, 0.2) is 91.0 Å². The van der Waals surface area contributed by atoms with Gasteiger partial charge in [-0.15, -0.1) is 0 Å². The van der Waals surface area contributed by atoms with Crippen molar-refractivity contribution >= 4 is 35.7 Å². The fourth-order valence-electron chi connectivity index (χ4n) is 12.3. The minimum absolute atomic E-state index is 0.0782. The van der Waals surface area contributed by atoms with Gasteiger partial charge < -0.3 is 48.9 Å². The van der Waals surface area contributed by atoms with Crippen molar-refractivity contribution < 1.29 is 61.6 Å². The Balaban J connectivity index is 1.02. The Morgan fingerprint density at radius 2 is 1.37 bits per heavy atom. The van der Waals surface area contributed by atoms with Gasteiger partial charge in [0.05, 0.1) is 50.8 Å². The van der Waals surface area contributed by atoms with Crippen LogP contribution < -0.4 is 20.1 Å². The van der Waals surface area contributed by atoms with Gasteiger partial charge in [0.1, 0.15) is 48.7 Å². The Morgan fingerprint density at radius 1 is 0.720 bits per heavy atom. The summed E-state index contributed by atoms with van der Waals surface area (Å²) in [4.78, 5) is 91.0. The summed E-state index contributed by atoms with van der Waals surface area (Å²) >= 11 is 0. The molecule has 3 aliphatic rings. The second-order valence-corrected chi connectivity index (χ2v) is 22.9. The highest BCUT2D eigenvalue weighted by molar-refractivity contribution is 5.92. The molecule has 1 aliphatic heterocycles. The number of nitrogens with zero attached hydrogens (tertiary/aromatic N) is 3. The van der Waals surface area contributed by atoms with Gasteiger partial charge in [0, 0.05) is 58.3 Å². The molecule has 0 radical (unpaired) electrons. The zero-order valence-electron chi connectivity index (χ0n) is 49.8. The van der Waals surface area contributed by atoms with Crippen LogP contribution in [0.5, 0.6) is 11.5 Å². The summed E-state index contributed by atoms with van der Waals surface area (Å²) in [7, 11) is 9.21. The molecule has 5 amide bonds. The van der Waals surface area contributed by atoms with E-state index in [1.54, 1.807) is 43.1 Å². The average molecular weight is 1130 g/mol. The van der Waals surface area contributed by atoms with E-state index >= 15 is 4.39 Å². The summed E-state index contributed by atoms with van der Waals surface area (Å²) in [5.41, 5.74) is 5.08. The molecule has 1 saturated carbocycles. The zero-order chi connectivity index (χ0) is 59.7. The number of nitrogens with one attached hydrogen (secondary N) is 2. The maximum atomic E-state index is 15.1. The van der Waals surface area contributed by atoms with Crippen molar-refractivity contribution in [3.05, 3.63) is 119 Å². The molecule has 17 nitrogen and oxygen atoms in total. The number of esters is 1. The molecular weight excluding hydrogens is 1050 g/mol. The van der Waals surface area contributed by atoms with Gasteiger partial charge in [-0.05, 0) is 82.5 Å². The van der Waals surface area contributed by atoms with Crippen LogP contribution in [0.2, 0.25) is 0 Å². The van der Waals surface area contributed by atoms with E-state index in [-0.39, 0.29) is 79.1 Å². The predicted molar refractivity (Wildman–Crippen MR) is 308 cm³/mol. The number of hydrogen-bond acceptors (Lipinski definition) is 12. The molecule has 11 atom stereocenters. The van der Waals surface area contributed by atoms with Gasteiger partial charge in [0.25, 0.3) is 0 Å². The second-order valence-electron chi connectivity index (χ2n) is 22.9. The third-order valence-electron chi connectivity index (χ3n) is 17.1. The van der Waals surface area contributed by atoms with E-state index in [0.29, 0.717) is 29.9 Å². The number of benzene rings is 4. The summed E-state index contributed by atoms with van der Waals surface area (Å²) in [5, 5.41) is 5.84. The number of piperidine rings is 1. The first-order valence-electron chi connectivity index (χ1n) is 28.6. The molecule has 7 rings (SSSR count). The first-order chi connectivity index (χ1) is 39.2. The maximum absolute atomic E-state index is 15.1. The lowest BCUT2D eigenvalue weighted by Crippen LogP contribution is -2.60. The minimum Gasteiger partial charge on any atom is -0.497 e. The summed E-state index contributed by atoms with van der Waals surface area (Å²) in [5.74, 6) is -3.82. The van der Waals surface area contributed by atoms with Crippen molar-refractivity contribution in [2.24, 2.45) is 29.6 Å². The molecule has 2 N–H and O–H groups in total. The van der Waals surface area contributed by atoms with Crippen molar-refractivity contribution in [1.82, 2.24) is 25.3 Å². The molecule has 0 aromatic heterocycles. The minimum atomic E-state index is -1.29. The summed E-state index contributed by atoms with van der Waals surface area (Å²) in [6.45, 7) is 12.9. The van der Waals surface area contributed by atoms with Crippen molar-refractivity contribution in [3.8, 4) is 22.6 Å². The van der Waals surface area contributed by atoms with Gasteiger partial charge in [-0.25, -0.2) is 14.0 Å². The maximum Gasteiger partial charge on any atom is 0.410 e. The number of fused-ring (bicyclic) bond motifs is 4. The van der Waals surface area contributed by atoms with Crippen LogP contribution in [0.4, 0.5) is 9.18 Å². The Morgan fingerprint density at radius 3 is 1.95 bits per heavy atom. The Labute approximate surface area is 482 Å². The van der Waals surface area contributed by atoms with E-state index in [0.717, 1.165) is 28.7 Å². The van der Waals surface area contributed by atoms with Crippen LogP contribution in [0, 0.1) is 35.4 Å². The molecular formula is C64H84FN5O12. The van der Waals surface area contributed by atoms with Crippen molar-refractivity contribution in [1.29, 1.82) is 0 Å². The molecule has 82 heavy (non-hydrogen) atoms. The summed E-state index contributed by atoms with van der Waals surface area (Å²) < 4.78 is 49.8. The summed E-state index contributed by atoms with van der Waals surface area (Å²) in [6.07, 6.45) is -0.575. The van der Waals surface area contributed by atoms with Crippen LogP contribution in [0.1, 0.15) is 102 Å².